The summed E-state index contributed by atoms with van der Waals surface area (Å²) >= 11 is 0. The van der Waals surface area contributed by atoms with Crippen LogP contribution in [0.15, 0.2) is 12.7 Å². The first-order valence-corrected chi connectivity index (χ1v) is 3.84. The summed E-state index contributed by atoms with van der Waals surface area (Å²) in [5, 5.41) is 11.3. The summed E-state index contributed by atoms with van der Waals surface area (Å²) in [6, 6.07) is -1.07. The van der Waals surface area contributed by atoms with Crippen molar-refractivity contribution in [3.63, 3.8) is 0 Å². The van der Waals surface area contributed by atoms with Gasteiger partial charge in [0.05, 0.1) is 6.61 Å². The average molecular weight is 187 g/mol. The van der Waals surface area contributed by atoms with Crippen LogP contribution in [0.5, 0.6) is 0 Å². The Hall–Kier alpha value is -1.36. The van der Waals surface area contributed by atoms with Crippen LogP contribution in [0.25, 0.3) is 0 Å². The molecule has 0 rings (SSSR count). The maximum atomic E-state index is 11.1. The number of ether oxygens (including phenoxy) is 1. The Morgan fingerprint density at radius 2 is 2.38 bits per heavy atom. The quantitative estimate of drug-likeness (QED) is 0.324. The van der Waals surface area contributed by atoms with E-state index >= 15 is 0 Å². The van der Waals surface area contributed by atoms with Gasteiger partial charge >= 0.3 is 5.97 Å². The van der Waals surface area contributed by atoms with Crippen molar-refractivity contribution in [2.75, 3.05) is 6.61 Å². The predicted octanol–water partition coefficient (Wildman–Crippen LogP) is -0.789. The Morgan fingerprint density at radius 1 is 1.77 bits per heavy atom. The molecule has 2 atom stereocenters. The van der Waals surface area contributed by atoms with Gasteiger partial charge in [-0.2, -0.15) is 0 Å². The molecular weight excluding hydrogens is 174 g/mol. The average Bonchev–Trinajstić information content (AvgIpc) is 2.13. The van der Waals surface area contributed by atoms with Gasteiger partial charge in [0.15, 0.2) is 6.04 Å². The second kappa shape index (κ2) is 6.19. The summed E-state index contributed by atoms with van der Waals surface area (Å²) in [5.74, 6) is -0.679. The number of aliphatic hydroxyl groups excluding tert-OH is 1. The van der Waals surface area contributed by atoms with Crippen molar-refractivity contribution in [3.05, 3.63) is 12.7 Å². The van der Waals surface area contributed by atoms with Crippen LogP contribution in [0.4, 0.5) is 0 Å². The number of nitrogens with one attached hydrogen (secondary N) is 1. The molecule has 0 aliphatic rings. The summed E-state index contributed by atoms with van der Waals surface area (Å²) in [7, 11) is 0. The SMILES string of the molecule is C=CC(O)C(NC=O)C(=O)OCC. The third kappa shape index (κ3) is 3.71. The summed E-state index contributed by atoms with van der Waals surface area (Å²) in [4.78, 5) is 21.2. The van der Waals surface area contributed by atoms with Crippen LogP contribution >= 0.6 is 0 Å². The number of esters is 1. The van der Waals surface area contributed by atoms with Crippen LogP contribution in [-0.2, 0) is 14.3 Å². The van der Waals surface area contributed by atoms with Gasteiger partial charge < -0.3 is 15.2 Å². The van der Waals surface area contributed by atoms with E-state index in [4.69, 9.17) is 0 Å². The van der Waals surface area contributed by atoms with E-state index in [-0.39, 0.29) is 6.61 Å². The number of carbonyl (C=O) groups is 2. The molecular formula is C8H13NO4. The number of carbonyl (C=O) groups excluding carboxylic acids is 2. The lowest BCUT2D eigenvalue weighted by atomic mass is 10.1. The fourth-order valence-electron chi connectivity index (χ4n) is 0.747. The zero-order valence-electron chi connectivity index (χ0n) is 7.40. The van der Waals surface area contributed by atoms with Crippen LogP contribution in [-0.4, -0.2) is 36.2 Å². The molecule has 0 aliphatic heterocycles. The fraction of sp³-hybridized carbons (Fsp3) is 0.500. The third-order valence-electron chi connectivity index (χ3n) is 1.37. The van der Waals surface area contributed by atoms with E-state index in [9.17, 15) is 14.7 Å². The van der Waals surface area contributed by atoms with Crippen LogP contribution < -0.4 is 5.32 Å². The Balaban J connectivity index is 4.29. The Morgan fingerprint density at radius 3 is 2.77 bits per heavy atom. The highest BCUT2D eigenvalue weighted by Crippen LogP contribution is 1.97. The number of hydrogen-bond acceptors (Lipinski definition) is 4. The maximum Gasteiger partial charge on any atom is 0.331 e. The Bertz CT molecular complexity index is 193. The lowest BCUT2D eigenvalue weighted by molar-refractivity contribution is -0.148. The van der Waals surface area contributed by atoms with E-state index in [1.807, 2.05) is 0 Å². The van der Waals surface area contributed by atoms with Crippen molar-refractivity contribution in [2.24, 2.45) is 0 Å². The summed E-state index contributed by atoms with van der Waals surface area (Å²) < 4.78 is 4.61. The van der Waals surface area contributed by atoms with Crippen molar-refractivity contribution in [1.82, 2.24) is 5.32 Å². The van der Waals surface area contributed by atoms with E-state index in [1.54, 1.807) is 6.92 Å². The highest BCUT2D eigenvalue weighted by Gasteiger charge is 2.25. The number of hydrogen-bond donors (Lipinski definition) is 2. The molecule has 0 bridgehead atoms. The second-order valence-electron chi connectivity index (χ2n) is 2.24. The van der Waals surface area contributed by atoms with Crippen molar-refractivity contribution >= 4 is 12.4 Å². The molecule has 0 aliphatic carbocycles. The zero-order valence-corrected chi connectivity index (χ0v) is 7.40. The van der Waals surface area contributed by atoms with Crippen molar-refractivity contribution in [3.8, 4) is 0 Å². The molecule has 0 heterocycles. The molecule has 0 aromatic carbocycles. The summed E-state index contributed by atoms with van der Waals surface area (Å²) in [6.07, 6.45) is 0.344. The number of rotatable bonds is 6. The molecule has 0 saturated carbocycles. The van der Waals surface area contributed by atoms with Crippen molar-refractivity contribution in [1.29, 1.82) is 0 Å². The van der Waals surface area contributed by atoms with E-state index in [0.29, 0.717) is 6.41 Å². The van der Waals surface area contributed by atoms with E-state index in [2.05, 4.69) is 16.6 Å². The first-order valence-electron chi connectivity index (χ1n) is 3.84. The van der Waals surface area contributed by atoms with Gasteiger partial charge in [-0.25, -0.2) is 4.79 Å². The molecule has 0 aromatic heterocycles. The molecule has 0 aromatic rings. The van der Waals surface area contributed by atoms with E-state index in [1.165, 1.54) is 0 Å². The van der Waals surface area contributed by atoms with Crippen LogP contribution in [0.2, 0.25) is 0 Å². The normalized spacial score (nSPS) is 14.0. The van der Waals surface area contributed by atoms with Gasteiger partial charge in [-0.15, -0.1) is 6.58 Å². The van der Waals surface area contributed by atoms with Crippen LogP contribution in [0, 0.1) is 0 Å². The number of amides is 1. The Kier molecular flexibility index (Phi) is 5.54. The first kappa shape index (κ1) is 11.6. The molecule has 1 amide bonds. The van der Waals surface area contributed by atoms with Gasteiger partial charge in [0, 0.05) is 0 Å². The molecule has 2 N–H and O–H groups in total. The Labute approximate surface area is 76.4 Å². The number of aliphatic hydroxyl groups is 1. The van der Waals surface area contributed by atoms with E-state index in [0.717, 1.165) is 6.08 Å². The van der Waals surface area contributed by atoms with Gasteiger partial charge in [-0.1, -0.05) is 6.08 Å². The monoisotopic (exact) mass is 187 g/mol. The summed E-state index contributed by atoms with van der Waals surface area (Å²) in [6.45, 7) is 5.12. The molecule has 2 unspecified atom stereocenters. The highest BCUT2D eigenvalue weighted by atomic mass is 16.5. The van der Waals surface area contributed by atoms with Gasteiger partial charge in [0.1, 0.15) is 6.10 Å². The first-order chi connectivity index (χ1) is 6.17. The second-order valence-corrected chi connectivity index (χ2v) is 2.24. The minimum atomic E-state index is -1.13. The smallest absolute Gasteiger partial charge is 0.331 e. The minimum Gasteiger partial charge on any atom is -0.464 e. The van der Waals surface area contributed by atoms with Gasteiger partial charge in [0.25, 0.3) is 0 Å². The van der Waals surface area contributed by atoms with Gasteiger partial charge in [-0.05, 0) is 6.92 Å². The molecule has 0 saturated heterocycles. The maximum absolute atomic E-state index is 11.1. The predicted molar refractivity (Wildman–Crippen MR) is 45.8 cm³/mol. The van der Waals surface area contributed by atoms with Gasteiger partial charge in [0.2, 0.25) is 6.41 Å². The van der Waals surface area contributed by atoms with Crippen molar-refractivity contribution < 1.29 is 19.4 Å². The summed E-state index contributed by atoms with van der Waals surface area (Å²) in [5.41, 5.74) is 0. The van der Waals surface area contributed by atoms with Crippen LogP contribution in [0.3, 0.4) is 0 Å². The molecule has 5 nitrogen and oxygen atoms in total. The topological polar surface area (TPSA) is 75.6 Å². The molecule has 0 fully saturated rings. The van der Waals surface area contributed by atoms with Gasteiger partial charge in [-0.3, -0.25) is 4.79 Å². The highest BCUT2D eigenvalue weighted by molar-refractivity contribution is 5.79. The molecule has 13 heavy (non-hydrogen) atoms. The standard InChI is InChI=1S/C8H13NO4/c1-3-6(11)7(9-5-10)8(12)13-4-2/h3,5-7,11H,1,4H2,2H3,(H,9,10). The lowest BCUT2D eigenvalue weighted by Crippen LogP contribution is -2.45. The van der Waals surface area contributed by atoms with Crippen LogP contribution in [0.1, 0.15) is 6.92 Å². The molecule has 5 heteroatoms. The minimum absolute atomic E-state index is 0.194. The third-order valence-corrected chi connectivity index (χ3v) is 1.37. The molecule has 0 radical (unpaired) electrons. The lowest BCUT2D eigenvalue weighted by Gasteiger charge is -2.17. The molecule has 0 spiro atoms. The van der Waals surface area contributed by atoms with Crippen molar-refractivity contribution in [2.45, 2.75) is 19.1 Å². The van der Waals surface area contributed by atoms with E-state index < -0.39 is 18.1 Å². The fourth-order valence-corrected chi connectivity index (χ4v) is 0.747. The largest absolute Gasteiger partial charge is 0.464 e. The zero-order chi connectivity index (χ0) is 10.3. The molecule has 74 valence electrons.